The molecule has 0 spiro atoms. The zero-order chi connectivity index (χ0) is 62.0. The molecule has 16 nitrogen and oxygen atoms in total. The molecule has 4 heterocycles. The number of fused-ring (bicyclic) bond motifs is 5. The first-order valence-corrected chi connectivity index (χ1v) is 32.6. The molecule has 2 aromatic rings. The van der Waals surface area contributed by atoms with Gasteiger partial charge in [0.1, 0.15) is 5.78 Å². The maximum absolute atomic E-state index is 13.4. The average molecular weight is 1200 g/mol. The van der Waals surface area contributed by atoms with Gasteiger partial charge in [-0.1, -0.05) is 58.4 Å². The number of rotatable bonds is 30. The van der Waals surface area contributed by atoms with Crippen molar-refractivity contribution in [3.8, 4) is 0 Å². The van der Waals surface area contributed by atoms with Crippen LogP contribution in [0.3, 0.4) is 0 Å². The van der Waals surface area contributed by atoms with Crippen molar-refractivity contribution in [2.45, 2.75) is 190 Å². The number of hydrogen-bond acceptors (Lipinski definition) is 9. The number of thioether (sulfide) groups is 1. The van der Waals surface area contributed by atoms with E-state index in [0.717, 1.165) is 145 Å². The minimum absolute atomic E-state index is 0.00730. The normalized spacial score (nSPS) is 24.4. The van der Waals surface area contributed by atoms with E-state index in [9.17, 15) is 43.5 Å². The SMILES string of the molecule is C=CC1=C(C)/C(=C\c2[nH]c(Cc3[nH]c(/C=C4/NC(=O)C(C)=C4C=C)c(C)c3CCC(=O)NCCCCCCNC(=O)CCCCCNC(=O)CCSC3=C4CCC5C(CC[C@@]6(C)C5CC[C@@H]6C(C)=O)[C@@]4(C)CCC3=O)c(CCC(=O)O)c2C)NC1=O. The maximum atomic E-state index is 13.4. The van der Waals surface area contributed by atoms with E-state index < -0.39 is 5.97 Å². The Hall–Kier alpha value is -6.75. The molecular formula is C69H93N7O9S. The number of aliphatic carboxylic acids is 1. The maximum Gasteiger partial charge on any atom is 0.303 e. The van der Waals surface area contributed by atoms with Gasteiger partial charge in [-0.05, 0) is 192 Å². The molecule has 2 aliphatic heterocycles. The zero-order valence-electron chi connectivity index (χ0n) is 52.0. The van der Waals surface area contributed by atoms with Crippen molar-refractivity contribution in [3.63, 3.8) is 0 Å². The van der Waals surface area contributed by atoms with Gasteiger partial charge in [-0.2, -0.15) is 0 Å². The third-order valence-corrected chi connectivity index (χ3v) is 21.6. The number of unbranched alkanes of at least 4 members (excludes halogenated alkanes) is 5. The number of nitrogens with one attached hydrogen (secondary N) is 7. The van der Waals surface area contributed by atoms with Crippen LogP contribution in [0.1, 0.15) is 202 Å². The van der Waals surface area contributed by atoms with Crippen molar-refractivity contribution in [1.29, 1.82) is 0 Å². The standard InChI is InChI=1S/C69H93N7O9S/c1-10-45-43(6)66(84)76-57(45)38-55-41(4)47(58(74-55)39-59-48(22-27-64(82)83)42(5)54(73-59)37-56-40(3)46(11-2)67(85)75-56)21-26-62(80)71-34-17-13-12-16-33-70-61(79)19-15-14-18-35-72-63(81)30-36-86-65-53-23-20-49-51-25-24-50(44(7)77)68(51,8)31-28-52(49)69(53,9)32-29-60(65)78/h10-11,37-38,49-52,73-74H,1-2,12-36,39H2,3-9H3,(H,70,79)(H,71,80)(H,72,81)(H,75,85)(H,76,84)(H,82,83)/b56-37+,57-38+/t49?,50-,51?,52?,68-,69-/m1/s1. The molecule has 2 aromatic heterocycles. The Kier molecular flexibility index (Phi) is 21.9. The number of carbonyl (C=O) groups excluding carboxylic acids is 7. The van der Waals surface area contributed by atoms with Gasteiger partial charge in [-0.25, -0.2) is 0 Å². The lowest BCUT2D eigenvalue weighted by atomic mass is 9.46. The largest absolute Gasteiger partial charge is 0.481 e. The second-order valence-corrected chi connectivity index (χ2v) is 26.6. The summed E-state index contributed by atoms with van der Waals surface area (Å²) in [5.74, 6) is 1.71. The van der Waals surface area contributed by atoms with Gasteiger partial charge >= 0.3 is 5.97 Å². The fraction of sp³-hybridized carbons (Fsp3) is 0.565. The van der Waals surface area contributed by atoms with Crippen molar-refractivity contribution >= 4 is 71.0 Å². The second kappa shape index (κ2) is 28.8. The van der Waals surface area contributed by atoms with Crippen LogP contribution in [0.15, 0.2) is 69.5 Å². The minimum atomic E-state index is -0.919. The van der Waals surface area contributed by atoms with E-state index in [0.29, 0.717) is 109 Å². The highest BCUT2D eigenvalue weighted by atomic mass is 32.2. The molecule has 3 fully saturated rings. The van der Waals surface area contributed by atoms with Crippen LogP contribution in [-0.4, -0.2) is 87.5 Å². The van der Waals surface area contributed by atoms with Crippen molar-refractivity contribution in [2.75, 3.05) is 25.4 Å². The molecule has 4 aliphatic carbocycles. The van der Waals surface area contributed by atoms with Crippen molar-refractivity contribution in [2.24, 2.45) is 34.5 Å². The molecule has 8 rings (SSSR count). The van der Waals surface area contributed by atoms with Crippen molar-refractivity contribution in [1.82, 2.24) is 36.6 Å². The Morgan fingerprint density at radius 2 is 1.21 bits per heavy atom. The number of ketones is 2. The number of carbonyl (C=O) groups is 8. The number of H-pyrrole nitrogens is 2. The highest BCUT2D eigenvalue weighted by molar-refractivity contribution is 8.04. The van der Waals surface area contributed by atoms with Crippen LogP contribution < -0.4 is 26.6 Å². The van der Waals surface area contributed by atoms with Gasteiger partial charge in [0, 0.05) is 115 Å². The third kappa shape index (κ3) is 14.6. The van der Waals surface area contributed by atoms with Gasteiger partial charge in [-0.3, -0.25) is 38.4 Å². The Balaban J connectivity index is 0.724. The van der Waals surface area contributed by atoms with Crippen LogP contribution >= 0.6 is 11.8 Å². The van der Waals surface area contributed by atoms with E-state index in [-0.39, 0.29) is 71.3 Å². The molecule has 17 heteroatoms. The molecule has 3 unspecified atom stereocenters. The number of carboxylic acids is 1. The first-order valence-electron chi connectivity index (χ1n) is 31.7. The Morgan fingerprint density at radius 3 is 1.80 bits per heavy atom. The number of Topliss-reactive ketones (excluding diaryl/α,β-unsaturated/α-hetero) is 2. The molecule has 0 bridgehead atoms. The molecule has 0 aromatic carbocycles. The summed E-state index contributed by atoms with van der Waals surface area (Å²) in [7, 11) is 0. The summed E-state index contributed by atoms with van der Waals surface area (Å²) in [6, 6.07) is 0. The predicted molar refractivity (Wildman–Crippen MR) is 339 cm³/mol. The second-order valence-electron chi connectivity index (χ2n) is 25.5. The number of aromatic amines is 2. The molecule has 8 N–H and O–H groups in total. The number of amides is 5. The van der Waals surface area contributed by atoms with Gasteiger partial charge in [0.15, 0.2) is 5.78 Å². The van der Waals surface area contributed by atoms with Crippen LogP contribution in [0.25, 0.3) is 12.2 Å². The van der Waals surface area contributed by atoms with Gasteiger partial charge in [0.2, 0.25) is 17.7 Å². The van der Waals surface area contributed by atoms with Crippen molar-refractivity contribution < 1.29 is 43.5 Å². The van der Waals surface area contributed by atoms with E-state index in [1.54, 1.807) is 31.7 Å². The Bertz CT molecular complexity index is 3200. The summed E-state index contributed by atoms with van der Waals surface area (Å²) in [4.78, 5) is 110. The molecule has 6 atom stereocenters. The molecule has 86 heavy (non-hydrogen) atoms. The quantitative estimate of drug-likeness (QED) is 0.0344. The van der Waals surface area contributed by atoms with E-state index in [2.05, 4.69) is 63.6 Å². The summed E-state index contributed by atoms with van der Waals surface area (Å²) in [6.45, 7) is 23.5. The fourth-order valence-electron chi connectivity index (χ4n) is 15.5. The smallest absolute Gasteiger partial charge is 0.303 e. The molecule has 5 amide bonds. The van der Waals surface area contributed by atoms with Crippen LogP contribution in [0, 0.1) is 48.3 Å². The summed E-state index contributed by atoms with van der Waals surface area (Å²) >= 11 is 1.59. The van der Waals surface area contributed by atoms with Gasteiger partial charge in [0.05, 0.1) is 10.6 Å². The highest BCUT2D eigenvalue weighted by Gasteiger charge is 2.60. The molecule has 464 valence electrons. The molecule has 0 radical (unpaired) electrons. The minimum Gasteiger partial charge on any atom is -0.481 e. The monoisotopic (exact) mass is 1200 g/mol. The number of allylic oxidation sites excluding steroid dienone is 3. The Labute approximate surface area is 512 Å². The van der Waals surface area contributed by atoms with Gasteiger partial charge in [-0.15, -0.1) is 11.8 Å². The summed E-state index contributed by atoms with van der Waals surface area (Å²) in [5, 5.41) is 24.7. The number of aromatic nitrogens is 2. The zero-order valence-corrected chi connectivity index (χ0v) is 52.9. The fourth-order valence-corrected chi connectivity index (χ4v) is 16.8. The van der Waals surface area contributed by atoms with Gasteiger partial charge in [0.25, 0.3) is 11.8 Å². The highest BCUT2D eigenvalue weighted by Crippen LogP contribution is 2.67. The van der Waals surface area contributed by atoms with E-state index in [1.807, 2.05) is 32.9 Å². The van der Waals surface area contributed by atoms with Crippen LogP contribution in [0.2, 0.25) is 0 Å². The topological polar surface area (TPSA) is 249 Å². The molecule has 6 aliphatic rings. The lowest BCUT2D eigenvalue weighted by Crippen LogP contribution is -2.51. The first-order chi connectivity index (χ1) is 41.1. The summed E-state index contributed by atoms with van der Waals surface area (Å²) in [5.41, 5.74) is 12.0. The third-order valence-electron chi connectivity index (χ3n) is 20.4. The first kappa shape index (κ1) is 65.2. The van der Waals surface area contributed by atoms with E-state index in [4.69, 9.17) is 0 Å². The Morgan fingerprint density at radius 1 is 0.640 bits per heavy atom. The lowest BCUT2D eigenvalue weighted by molar-refractivity contribution is -0.137. The van der Waals surface area contributed by atoms with E-state index in [1.165, 1.54) is 11.6 Å². The molecular weight excluding hydrogens is 1100 g/mol. The number of hydrogen-bond donors (Lipinski definition) is 8. The summed E-state index contributed by atoms with van der Waals surface area (Å²) in [6.07, 6.45) is 22.7. The van der Waals surface area contributed by atoms with Crippen LogP contribution in [-0.2, 0) is 57.6 Å². The lowest BCUT2D eigenvalue weighted by Gasteiger charge is -2.58. The number of carboxylic acid groups (broad SMARTS) is 1. The average Bonchev–Trinajstić information content (AvgIpc) is 1.93. The van der Waals surface area contributed by atoms with Gasteiger partial charge < -0.3 is 41.7 Å². The summed E-state index contributed by atoms with van der Waals surface area (Å²) < 4.78 is 0. The van der Waals surface area contributed by atoms with Crippen LogP contribution in [0.4, 0.5) is 0 Å². The van der Waals surface area contributed by atoms with Crippen molar-refractivity contribution in [3.05, 3.63) is 115 Å². The van der Waals surface area contributed by atoms with Crippen LogP contribution in [0.5, 0.6) is 0 Å². The molecule has 0 saturated heterocycles. The predicted octanol–water partition coefficient (Wildman–Crippen LogP) is 11.1. The molecule has 3 saturated carbocycles. The van der Waals surface area contributed by atoms with E-state index >= 15 is 0 Å².